The lowest BCUT2D eigenvalue weighted by atomic mass is 9.94. The van der Waals surface area contributed by atoms with Gasteiger partial charge in [0.05, 0.1) is 45.7 Å². The van der Waals surface area contributed by atoms with Crippen LogP contribution in [0, 0.1) is 0 Å². The molecule has 388 valence electrons. The van der Waals surface area contributed by atoms with Crippen molar-refractivity contribution in [1.29, 1.82) is 0 Å². The maximum absolute atomic E-state index is 13.0. The third kappa shape index (κ3) is 14.6. The fourth-order valence-electron chi connectivity index (χ4n) is 8.60. The minimum atomic E-state index is -2.40. The van der Waals surface area contributed by atoms with E-state index in [9.17, 15) is 25.2 Å². The summed E-state index contributed by atoms with van der Waals surface area (Å²) in [5.74, 6) is -0.538. The van der Waals surface area contributed by atoms with Crippen LogP contribution < -0.4 is 5.32 Å². The smallest absolute Gasteiger partial charge is 0.217 e. The third-order valence-electron chi connectivity index (χ3n) is 13.7. The molecule has 4 aromatic rings. The second-order valence-electron chi connectivity index (χ2n) is 20.1. The van der Waals surface area contributed by atoms with Gasteiger partial charge in [-0.1, -0.05) is 142 Å². The first kappa shape index (κ1) is 54.8. The van der Waals surface area contributed by atoms with Crippen molar-refractivity contribution in [1.82, 2.24) is 5.32 Å². The molecular formula is C54H73NO15Si. The Hall–Kier alpha value is -3.99. The van der Waals surface area contributed by atoms with E-state index in [1.807, 2.05) is 141 Å². The van der Waals surface area contributed by atoms with Gasteiger partial charge in [-0.3, -0.25) is 4.79 Å². The summed E-state index contributed by atoms with van der Waals surface area (Å²) in [6.07, 6.45) is -17.8. The lowest BCUT2D eigenvalue weighted by molar-refractivity contribution is -0.377. The van der Waals surface area contributed by atoms with Gasteiger partial charge in [0, 0.05) is 6.92 Å². The molecule has 0 aliphatic carbocycles. The third-order valence-corrected chi connectivity index (χ3v) is 18.2. The summed E-state index contributed by atoms with van der Waals surface area (Å²) in [5, 5.41) is 48.5. The molecular weight excluding hydrogens is 931 g/mol. The summed E-state index contributed by atoms with van der Waals surface area (Å²) in [6, 6.07) is 37.3. The Morgan fingerprint density at radius 3 is 1.55 bits per heavy atom. The summed E-state index contributed by atoms with van der Waals surface area (Å²) in [4.78, 5) is 13.0. The van der Waals surface area contributed by atoms with Gasteiger partial charge in [-0.15, -0.1) is 0 Å². The van der Waals surface area contributed by atoms with Crippen LogP contribution in [0.4, 0.5) is 0 Å². The number of hydrogen-bond acceptors (Lipinski definition) is 15. The van der Waals surface area contributed by atoms with E-state index in [-0.39, 0.29) is 44.7 Å². The van der Waals surface area contributed by atoms with Gasteiger partial charge < -0.3 is 72.8 Å². The first-order chi connectivity index (χ1) is 34.0. The topological polar surface area (TPSA) is 202 Å². The highest BCUT2D eigenvalue weighted by Crippen LogP contribution is 2.39. The minimum absolute atomic E-state index is 0.116. The second-order valence-corrected chi connectivity index (χ2v) is 24.9. The largest absolute Gasteiger partial charge is 0.414 e. The average molecular weight is 1000 g/mol. The zero-order chi connectivity index (χ0) is 50.7. The van der Waals surface area contributed by atoms with Gasteiger partial charge in [0.1, 0.15) is 67.1 Å². The standard InChI is InChI=1S/C54H73NO15Si/c1-34-46(62-29-37-22-14-9-15-23-37)49(63-30-38-24-16-10-17-25-38)50(64-31-39-26-18-11-19-27-39)53(66-34)69-47-41(32-61-28-36-20-12-8-13-21-36)67-51(60)42(55-35(2)56)48(47)70-52-45(59)44(58)43(57)40(68-52)33-65-71(6,7)54(3,4)5/h8-27,34,40-53,57-60H,28-33H2,1-7H3,(H,55,56)/t34-,40+,41+,42+,43-,44-,45+,46+,47+,48+,49+,50-,51+,52-,53-/m0/s1. The number of ether oxygens (including phenoxy) is 9. The van der Waals surface area contributed by atoms with Crippen molar-refractivity contribution < 1.29 is 72.3 Å². The van der Waals surface area contributed by atoms with E-state index >= 15 is 0 Å². The van der Waals surface area contributed by atoms with Crippen molar-refractivity contribution >= 4 is 14.2 Å². The Bertz CT molecular complexity index is 2190. The highest BCUT2D eigenvalue weighted by Gasteiger charge is 2.56. The molecule has 7 rings (SSSR count). The summed E-state index contributed by atoms with van der Waals surface area (Å²) >= 11 is 0. The Kier molecular flexibility index (Phi) is 19.5. The highest BCUT2D eigenvalue weighted by molar-refractivity contribution is 6.74. The molecule has 0 radical (unpaired) electrons. The molecule has 3 aliphatic rings. The van der Waals surface area contributed by atoms with Gasteiger partial charge in [0.2, 0.25) is 5.91 Å². The predicted octanol–water partition coefficient (Wildman–Crippen LogP) is 5.53. The Labute approximate surface area is 418 Å². The maximum atomic E-state index is 13.0. The molecule has 5 N–H and O–H groups in total. The molecule has 3 heterocycles. The van der Waals surface area contributed by atoms with Crippen molar-refractivity contribution in [3.63, 3.8) is 0 Å². The molecule has 3 fully saturated rings. The predicted molar refractivity (Wildman–Crippen MR) is 264 cm³/mol. The Morgan fingerprint density at radius 2 is 1.04 bits per heavy atom. The number of hydrogen-bond donors (Lipinski definition) is 5. The molecule has 17 heteroatoms. The minimum Gasteiger partial charge on any atom is -0.414 e. The van der Waals surface area contributed by atoms with E-state index in [0.717, 1.165) is 22.3 Å². The zero-order valence-corrected chi connectivity index (χ0v) is 42.7. The lowest BCUT2D eigenvalue weighted by Gasteiger charge is -2.51. The summed E-state index contributed by atoms with van der Waals surface area (Å²) in [7, 11) is -2.40. The van der Waals surface area contributed by atoms with Gasteiger partial charge in [-0.05, 0) is 47.3 Å². The molecule has 3 aliphatic heterocycles. The van der Waals surface area contributed by atoms with E-state index in [1.165, 1.54) is 6.92 Å². The van der Waals surface area contributed by atoms with Crippen molar-refractivity contribution in [2.24, 2.45) is 0 Å². The molecule has 71 heavy (non-hydrogen) atoms. The van der Waals surface area contributed by atoms with Crippen LogP contribution in [0.2, 0.25) is 18.1 Å². The number of carbonyl (C=O) groups excluding carboxylic acids is 1. The van der Waals surface area contributed by atoms with Gasteiger partial charge in [0.15, 0.2) is 27.2 Å². The maximum Gasteiger partial charge on any atom is 0.217 e. The van der Waals surface area contributed by atoms with Crippen LogP contribution >= 0.6 is 0 Å². The number of aliphatic hydroxyl groups is 4. The molecule has 0 spiro atoms. The number of amides is 1. The van der Waals surface area contributed by atoms with E-state index < -0.39 is 106 Å². The van der Waals surface area contributed by atoms with E-state index in [4.69, 9.17) is 47.1 Å². The molecule has 0 bridgehead atoms. The average Bonchev–Trinajstić information content (AvgIpc) is 3.35. The number of carbonyl (C=O) groups is 1. The van der Waals surface area contributed by atoms with Crippen molar-refractivity contribution in [2.45, 2.75) is 171 Å². The fourth-order valence-corrected chi connectivity index (χ4v) is 9.61. The Balaban J connectivity index is 1.26. The lowest BCUT2D eigenvalue weighted by Crippen LogP contribution is -2.69. The fraction of sp³-hybridized carbons (Fsp3) is 0.537. The van der Waals surface area contributed by atoms with Gasteiger partial charge in [-0.25, -0.2) is 0 Å². The number of nitrogens with one attached hydrogen (secondary N) is 1. The molecule has 0 aromatic heterocycles. The van der Waals surface area contributed by atoms with Crippen LogP contribution in [0.25, 0.3) is 0 Å². The van der Waals surface area contributed by atoms with E-state index in [0.29, 0.717) is 0 Å². The van der Waals surface area contributed by atoms with Gasteiger partial charge in [-0.2, -0.15) is 0 Å². The monoisotopic (exact) mass is 1000 g/mol. The van der Waals surface area contributed by atoms with Crippen LogP contribution in [0.15, 0.2) is 121 Å². The normalized spacial score (nSPS) is 31.5. The first-order valence-corrected chi connectivity index (χ1v) is 27.4. The summed E-state index contributed by atoms with van der Waals surface area (Å²) in [5.41, 5.74) is 3.60. The molecule has 3 saturated heterocycles. The number of rotatable bonds is 21. The van der Waals surface area contributed by atoms with Crippen molar-refractivity contribution in [3.8, 4) is 0 Å². The van der Waals surface area contributed by atoms with Crippen LogP contribution in [0.5, 0.6) is 0 Å². The van der Waals surface area contributed by atoms with E-state index in [1.54, 1.807) is 0 Å². The van der Waals surface area contributed by atoms with Crippen molar-refractivity contribution in [3.05, 3.63) is 144 Å². The van der Waals surface area contributed by atoms with Crippen LogP contribution in [-0.2, 0) is 78.3 Å². The van der Waals surface area contributed by atoms with Gasteiger partial charge >= 0.3 is 0 Å². The summed E-state index contributed by atoms with van der Waals surface area (Å²) < 4.78 is 66.2. The summed E-state index contributed by atoms with van der Waals surface area (Å²) in [6.45, 7) is 13.9. The van der Waals surface area contributed by atoms with Crippen LogP contribution in [0.1, 0.15) is 56.9 Å². The molecule has 0 saturated carbocycles. The zero-order valence-electron chi connectivity index (χ0n) is 41.7. The molecule has 15 atom stereocenters. The molecule has 16 nitrogen and oxygen atoms in total. The van der Waals surface area contributed by atoms with Crippen LogP contribution in [0.3, 0.4) is 0 Å². The highest BCUT2D eigenvalue weighted by atomic mass is 28.4. The molecule has 0 unspecified atom stereocenters. The molecule has 4 aromatic carbocycles. The number of aliphatic hydroxyl groups excluding tert-OH is 4. The van der Waals surface area contributed by atoms with E-state index in [2.05, 4.69) is 26.1 Å². The SMILES string of the molecule is CC(=O)N[C@@H]1[C@@H](O[C@@H]2O[C@H](CO[Si](C)(C)C(C)(C)C)[C@H](O)[C@H](O)[C@H]2O)[C@H](O[C@@H]2O[C@@H](C)[C@@H](OCc3ccccc3)[C@@H](OCc3ccccc3)[C@@H]2OCc2ccccc2)[C@@H](COCc2ccccc2)O[C@H]1O. The van der Waals surface area contributed by atoms with Crippen molar-refractivity contribution in [2.75, 3.05) is 13.2 Å². The Morgan fingerprint density at radius 1 is 0.563 bits per heavy atom. The molecule has 1 amide bonds. The number of benzene rings is 4. The van der Waals surface area contributed by atoms with Gasteiger partial charge in [0.25, 0.3) is 0 Å². The van der Waals surface area contributed by atoms with Crippen LogP contribution in [-0.4, -0.2) is 140 Å². The second kappa shape index (κ2) is 25.3. The first-order valence-electron chi connectivity index (χ1n) is 24.5. The quantitative estimate of drug-likeness (QED) is 0.0653.